The molecule has 1 saturated heterocycles. The molecule has 1 N–H and O–H groups in total. The summed E-state index contributed by atoms with van der Waals surface area (Å²) in [6, 6.07) is 2.56. The van der Waals surface area contributed by atoms with Crippen LogP contribution < -0.4 is 0 Å². The highest BCUT2D eigenvalue weighted by Crippen LogP contribution is 2.18. The van der Waals surface area contributed by atoms with Crippen LogP contribution in [-0.4, -0.2) is 39.0 Å². The third kappa shape index (κ3) is 3.12. The van der Waals surface area contributed by atoms with Crippen LogP contribution in [0.3, 0.4) is 0 Å². The van der Waals surface area contributed by atoms with E-state index in [2.05, 4.69) is 43.0 Å². The summed E-state index contributed by atoms with van der Waals surface area (Å²) in [5.74, 6) is 0.430. The molecule has 2 rings (SSSR count). The minimum atomic E-state index is -0.185. The molecule has 102 valence electrons. The molecule has 0 amide bonds. The van der Waals surface area contributed by atoms with Gasteiger partial charge in [0.2, 0.25) is 0 Å². The molecule has 0 radical (unpaired) electrons. The molecule has 4 heteroatoms. The number of rotatable bonds is 4. The van der Waals surface area contributed by atoms with Gasteiger partial charge in [0.25, 0.3) is 0 Å². The van der Waals surface area contributed by atoms with E-state index in [0.29, 0.717) is 12.0 Å². The number of β-amino-alcohol motifs (C(OH)–C–C–N with tert-alkyl or cyclic N) is 1. The average molecular weight is 251 g/mol. The maximum atomic E-state index is 9.89. The van der Waals surface area contributed by atoms with Gasteiger partial charge in [-0.15, -0.1) is 0 Å². The van der Waals surface area contributed by atoms with Crippen molar-refractivity contribution in [3.8, 4) is 0 Å². The third-order valence-corrected chi connectivity index (χ3v) is 4.09. The molecule has 0 aromatic carbocycles. The van der Waals surface area contributed by atoms with Gasteiger partial charge in [-0.3, -0.25) is 9.58 Å². The Morgan fingerprint density at radius 3 is 3.00 bits per heavy atom. The maximum absolute atomic E-state index is 9.89. The first-order valence-corrected chi connectivity index (χ1v) is 7.04. The van der Waals surface area contributed by atoms with E-state index in [9.17, 15) is 5.11 Å². The van der Waals surface area contributed by atoms with Crippen molar-refractivity contribution in [1.82, 2.24) is 14.7 Å². The highest BCUT2D eigenvalue weighted by atomic mass is 16.3. The van der Waals surface area contributed by atoms with Crippen molar-refractivity contribution in [3.05, 3.63) is 18.0 Å². The lowest BCUT2D eigenvalue weighted by Gasteiger charge is -2.33. The molecule has 1 aliphatic heterocycles. The molecular formula is C14H25N3O. The number of aliphatic hydroxyl groups excluding tert-OH is 1. The topological polar surface area (TPSA) is 41.3 Å². The van der Waals surface area contributed by atoms with E-state index < -0.39 is 0 Å². The fourth-order valence-corrected chi connectivity index (χ4v) is 2.38. The van der Waals surface area contributed by atoms with E-state index in [4.69, 9.17) is 0 Å². The molecule has 18 heavy (non-hydrogen) atoms. The van der Waals surface area contributed by atoms with Crippen LogP contribution in [0.15, 0.2) is 12.3 Å². The second-order valence-electron chi connectivity index (χ2n) is 5.61. The largest absolute Gasteiger partial charge is 0.392 e. The first-order chi connectivity index (χ1) is 8.60. The molecule has 1 aromatic heterocycles. The zero-order chi connectivity index (χ0) is 13.1. The molecule has 0 spiro atoms. The standard InChI is InChI=1S/C14H25N3O/c1-4-12(3)17-8-6-13(15-17)9-16-7-5-11(2)14(18)10-16/h6,8,11-12,14,18H,4-5,7,9-10H2,1-3H3. The monoisotopic (exact) mass is 251 g/mol. The number of likely N-dealkylation sites (tertiary alicyclic amines) is 1. The van der Waals surface area contributed by atoms with Crippen molar-refractivity contribution in [2.24, 2.45) is 5.92 Å². The Balaban J connectivity index is 1.91. The van der Waals surface area contributed by atoms with E-state index in [0.717, 1.165) is 38.2 Å². The molecule has 3 atom stereocenters. The Morgan fingerprint density at radius 1 is 1.56 bits per heavy atom. The molecule has 1 fully saturated rings. The Kier molecular flexibility index (Phi) is 4.40. The molecule has 0 aliphatic carbocycles. The van der Waals surface area contributed by atoms with E-state index in [1.54, 1.807) is 0 Å². The number of piperidine rings is 1. The van der Waals surface area contributed by atoms with Crippen LogP contribution >= 0.6 is 0 Å². The molecule has 3 unspecified atom stereocenters. The summed E-state index contributed by atoms with van der Waals surface area (Å²) in [5.41, 5.74) is 1.11. The first kappa shape index (κ1) is 13.6. The predicted molar refractivity (Wildman–Crippen MR) is 72.3 cm³/mol. The van der Waals surface area contributed by atoms with Crippen LogP contribution in [0.4, 0.5) is 0 Å². The van der Waals surface area contributed by atoms with Crippen LogP contribution in [0, 0.1) is 5.92 Å². The summed E-state index contributed by atoms with van der Waals surface area (Å²) >= 11 is 0. The van der Waals surface area contributed by atoms with Crippen molar-refractivity contribution < 1.29 is 5.11 Å². The number of hydrogen-bond acceptors (Lipinski definition) is 3. The number of aliphatic hydroxyl groups is 1. The van der Waals surface area contributed by atoms with Crippen molar-refractivity contribution >= 4 is 0 Å². The van der Waals surface area contributed by atoms with Crippen LogP contribution in [0.1, 0.15) is 45.3 Å². The van der Waals surface area contributed by atoms with Gasteiger partial charge in [0, 0.05) is 25.3 Å². The molecule has 1 aromatic rings. The Bertz CT molecular complexity index is 377. The molecule has 0 saturated carbocycles. The highest BCUT2D eigenvalue weighted by Gasteiger charge is 2.24. The quantitative estimate of drug-likeness (QED) is 0.890. The minimum absolute atomic E-state index is 0.185. The predicted octanol–water partition coefficient (Wildman–Crippen LogP) is 2.06. The summed E-state index contributed by atoms with van der Waals surface area (Å²) in [6.07, 6.45) is 4.05. The van der Waals surface area contributed by atoms with Gasteiger partial charge in [-0.2, -0.15) is 5.10 Å². The summed E-state index contributed by atoms with van der Waals surface area (Å²) in [4.78, 5) is 2.30. The van der Waals surface area contributed by atoms with Gasteiger partial charge < -0.3 is 5.11 Å². The van der Waals surface area contributed by atoms with Gasteiger partial charge in [-0.25, -0.2) is 0 Å². The zero-order valence-corrected chi connectivity index (χ0v) is 11.7. The van der Waals surface area contributed by atoms with Gasteiger partial charge in [-0.05, 0) is 38.3 Å². The normalized spacial score (nSPS) is 27.3. The molecule has 4 nitrogen and oxygen atoms in total. The first-order valence-electron chi connectivity index (χ1n) is 7.04. The van der Waals surface area contributed by atoms with Gasteiger partial charge in [0.05, 0.1) is 11.8 Å². The van der Waals surface area contributed by atoms with Crippen molar-refractivity contribution in [1.29, 1.82) is 0 Å². The lowest BCUT2D eigenvalue weighted by Crippen LogP contribution is -2.42. The van der Waals surface area contributed by atoms with Gasteiger partial charge in [-0.1, -0.05) is 13.8 Å². The van der Waals surface area contributed by atoms with Crippen molar-refractivity contribution in [2.45, 2.75) is 52.3 Å². The van der Waals surface area contributed by atoms with Crippen LogP contribution in [0.2, 0.25) is 0 Å². The lowest BCUT2D eigenvalue weighted by atomic mass is 9.96. The van der Waals surface area contributed by atoms with E-state index >= 15 is 0 Å². The molecule has 0 bridgehead atoms. The maximum Gasteiger partial charge on any atom is 0.0764 e. The Labute approximate surface area is 110 Å². The van der Waals surface area contributed by atoms with Crippen molar-refractivity contribution in [2.75, 3.05) is 13.1 Å². The highest BCUT2D eigenvalue weighted by molar-refractivity contribution is 5.00. The van der Waals surface area contributed by atoms with Crippen LogP contribution in [0.25, 0.3) is 0 Å². The number of nitrogens with zero attached hydrogens (tertiary/aromatic N) is 3. The summed E-state index contributed by atoms with van der Waals surface area (Å²) in [5, 5.41) is 14.5. The fourth-order valence-electron chi connectivity index (χ4n) is 2.38. The molecule has 2 heterocycles. The third-order valence-electron chi connectivity index (χ3n) is 4.09. The second-order valence-corrected chi connectivity index (χ2v) is 5.61. The smallest absolute Gasteiger partial charge is 0.0764 e. The summed E-state index contributed by atoms with van der Waals surface area (Å²) in [6.45, 7) is 9.18. The van der Waals surface area contributed by atoms with Crippen LogP contribution in [0.5, 0.6) is 0 Å². The van der Waals surface area contributed by atoms with Gasteiger partial charge in [0.15, 0.2) is 0 Å². The SMILES string of the molecule is CCC(C)n1ccc(CN2CCC(C)C(O)C2)n1. The lowest BCUT2D eigenvalue weighted by molar-refractivity contribution is 0.0253. The van der Waals surface area contributed by atoms with Crippen molar-refractivity contribution in [3.63, 3.8) is 0 Å². The molecule has 1 aliphatic rings. The fraction of sp³-hybridized carbons (Fsp3) is 0.786. The van der Waals surface area contributed by atoms with E-state index in [1.165, 1.54) is 0 Å². The molecular weight excluding hydrogens is 226 g/mol. The van der Waals surface area contributed by atoms with Gasteiger partial charge >= 0.3 is 0 Å². The van der Waals surface area contributed by atoms with E-state index in [1.807, 2.05) is 4.68 Å². The summed E-state index contributed by atoms with van der Waals surface area (Å²) < 4.78 is 2.04. The average Bonchev–Trinajstić information content (AvgIpc) is 2.81. The number of hydrogen-bond donors (Lipinski definition) is 1. The minimum Gasteiger partial charge on any atom is -0.392 e. The number of aromatic nitrogens is 2. The zero-order valence-electron chi connectivity index (χ0n) is 11.7. The second kappa shape index (κ2) is 5.85. The van der Waals surface area contributed by atoms with Gasteiger partial charge in [0.1, 0.15) is 0 Å². The Hall–Kier alpha value is -0.870. The van der Waals surface area contributed by atoms with E-state index in [-0.39, 0.29) is 6.10 Å². The Morgan fingerprint density at radius 2 is 2.33 bits per heavy atom. The van der Waals surface area contributed by atoms with Crippen LogP contribution in [-0.2, 0) is 6.54 Å². The summed E-state index contributed by atoms with van der Waals surface area (Å²) in [7, 11) is 0.